The van der Waals surface area contributed by atoms with Gasteiger partial charge in [0.1, 0.15) is 5.69 Å². The van der Waals surface area contributed by atoms with Gasteiger partial charge in [0.2, 0.25) is 5.91 Å². The summed E-state index contributed by atoms with van der Waals surface area (Å²) in [6.07, 6.45) is 8.67. The number of carbonyl (C=O) groups is 2. The minimum Gasteiger partial charge on any atom is -0.477 e. The Bertz CT molecular complexity index is 665. The van der Waals surface area contributed by atoms with Gasteiger partial charge in [-0.2, -0.15) is 5.10 Å². The molecule has 2 N–H and O–H groups in total. The first-order valence-electron chi connectivity index (χ1n) is 9.36. The molecular weight excluding hydrogens is 320 g/mol. The van der Waals surface area contributed by atoms with Gasteiger partial charge in [-0.3, -0.25) is 14.8 Å². The Morgan fingerprint density at radius 3 is 2.76 bits per heavy atom. The minimum atomic E-state index is -0.977. The molecule has 3 aliphatic rings. The highest BCUT2D eigenvalue weighted by atomic mass is 16.4. The predicted octanol–water partition coefficient (Wildman–Crippen LogP) is 1.72. The molecule has 0 radical (unpaired) electrons. The average molecular weight is 346 g/mol. The molecule has 136 valence electrons. The van der Waals surface area contributed by atoms with E-state index in [2.05, 4.69) is 15.1 Å². The van der Waals surface area contributed by atoms with Crippen LogP contribution >= 0.6 is 0 Å². The van der Waals surface area contributed by atoms with E-state index in [-0.39, 0.29) is 11.6 Å². The fourth-order valence-corrected chi connectivity index (χ4v) is 4.76. The lowest BCUT2D eigenvalue weighted by molar-refractivity contribution is -0.133. The van der Waals surface area contributed by atoms with Crippen LogP contribution in [0.25, 0.3) is 0 Å². The first-order chi connectivity index (χ1) is 12.1. The SMILES string of the molecule is O=C(O)c1[nH]ncc1CN1CCCN(C(=O)C2CC23CCCC3)CC1. The normalized spacial score (nSPS) is 25.9. The number of rotatable bonds is 4. The third-order valence-electron chi connectivity index (χ3n) is 6.31. The number of carboxylic acids is 1. The first-order valence-corrected chi connectivity index (χ1v) is 9.36. The van der Waals surface area contributed by atoms with Crippen LogP contribution in [-0.2, 0) is 11.3 Å². The molecule has 25 heavy (non-hydrogen) atoms. The van der Waals surface area contributed by atoms with Crippen molar-refractivity contribution in [3.05, 3.63) is 17.5 Å². The molecule has 2 saturated carbocycles. The number of aromatic carboxylic acids is 1. The van der Waals surface area contributed by atoms with E-state index < -0.39 is 5.97 Å². The Kier molecular flexibility index (Phi) is 4.27. The average Bonchev–Trinajstić information content (AvgIpc) is 2.88. The van der Waals surface area contributed by atoms with E-state index in [4.69, 9.17) is 0 Å². The van der Waals surface area contributed by atoms with Gasteiger partial charge in [-0.05, 0) is 31.1 Å². The number of amides is 1. The third kappa shape index (κ3) is 3.17. The van der Waals surface area contributed by atoms with Gasteiger partial charge in [-0.1, -0.05) is 12.8 Å². The van der Waals surface area contributed by atoms with Crippen LogP contribution in [0.15, 0.2) is 6.20 Å². The lowest BCUT2D eigenvalue weighted by Gasteiger charge is -2.23. The van der Waals surface area contributed by atoms with Crippen LogP contribution in [0.1, 0.15) is 54.6 Å². The molecule has 1 aliphatic heterocycles. The third-order valence-corrected chi connectivity index (χ3v) is 6.31. The van der Waals surface area contributed by atoms with E-state index in [0.717, 1.165) is 39.0 Å². The van der Waals surface area contributed by atoms with Crippen LogP contribution in [0.3, 0.4) is 0 Å². The molecule has 7 nitrogen and oxygen atoms in total. The van der Waals surface area contributed by atoms with E-state index in [1.807, 2.05) is 4.90 Å². The van der Waals surface area contributed by atoms with E-state index in [0.29, 0.717) is 23.4 Å². The summed E-state index contributed by atoms with van der Waals surface area (Å²) >= 11 is 0. The summed E-state index contributed by atoms with van der Waals surface area (Å²) in [4.78, 5) is 28.3. The molecule has 1 saturated heterocycles. The maximum atomic E-state index is 12.9. The Morgan fingerprint density at radius 1 is 1.20 bits per heavy atom. The molecule has 0 aromatic carbocycles. The summed E-state index contributed by atoms with van der Waals surface area (Å²) in [6, 6.07) is 0. The van der Waals surface area contributed by atoms with Crippen molar-refractivity contribution in [2.24, 2.45) is 11.3 Å². The maximum absolute atomic E-state index is 12.9. The summed E-state index contributed by atoms with van der Waals surface area (Å²) in [5, 5.41) is 15.6. The summed E-state index contributed by atoms with van der Waals surface area (Å²) in [5.74, 6) is -0.345. The fraction of sp³-hybridized carbons (Fsp3) is 0.722. The molecule has 0 bridgehead atoms. The molecule has 1 aromatic heterocycles. The molecule has 3 fully saturated rings. The number of nitrogens with zero attached hydrogens (tertiary/aromatic N) is 3. The Hall–Kier alpha value is -1.89. The van der Waals surface area contributed by atoms with Crippen molar-refractivity contribution in [2.45, 2.75) is 45.1 Å². The van der Waals surface area contributed by atoms with Crippen molar-refractivity contribution in [3.63, 3.8) is 0 Å². The van der Waals surface area contributed by atoms with Gasteiger partial charge in [0.25, 0.3) is 0 Å². The monoisotopic (exact) mass is 346 g/mol. The van der Waals surface area contributed by atoms with Gasteiger partial charge in [-0.15, -0.1) is 0 Å². The van der Waals surface area contributed by atoms with Crippen molar-refractivity contribution in [3.8, 4) is 0 Å². The van der Waals surface area contributed by atoms with Gasteiger partial charge in [0, 0.05) is 44.2 Å². The summed E-state index contributed by atoms with van der Waals surface area (Å²) < 4.78 is 0. The Morgan fingerprint density at radius 2 is 2.00 bits per heavy atom. The van der Waals surface area contributed by atoms with E-state index in [1.54, 1.807) is 6.20 Å². The zero-order valence-corrected chi connectivity index (χ0v) is 14.5. The Balaban J connectivity index is 1.34. The molecule has 7 heteroatoms. The lowest BCUT2D eigenvalue weighted by atomic mass is 10.0. The summed E-state index contributed by atoms with van der Waals surface area (Å²) in [5.41, 5.74) is 1.23. The number of hydrogen-bond donors (Lipinski definition) is 2. The highest BCUT2D eigenvalue weighted by molar-refractivity contribution is 5.86. The number of carbonyl (C=O) groups excluding carboxylic acids is 1. The number of nitrogens with one attached hydrogen (secondary N) is 1. The molecule has 1 atom stereocenters. The number of H-pyrrole nitrogens is 1. The van der Waals surface area contributed by atoms with Gasteiger partial charge >= 0.3 is 5.97 Å². The summed E-state index contributed by atoms with van der Waals surface area (Å²) in [7, 11) is 0. The quantitative estimate of drug-likeness (QED) is 0.866. The van der Waals surface area contributed by atoms with Gasteiger partial charge in [0.05, 0.1) is 6.20 Å². The van der Waals surface area contributed by atoms with Crippen LogP contribution in [0, 0.1) is 11.3 Å². The van der Waals surface area contributed by atoms with Crippen molar-refractivity contribution < 1.29 is 14.7 Å². The van der Waals surface area contributed by atoms with Gasteiger partial charge < -0.3 is 10.0 Å². The largest absolute Gasteiger partial charge is 0.477 e. The number of carboxylic acid groups (broad SMARTS) is 1. The summed E-state index contributed by atoms with van der Waals surface area (Å²) in [6.45, 7) is 3.79. The first kappa shape index (κ1) is 16.6. The van der Waals surface area contributed by atoms with Crippen molar-refractivity contribution in [1.82, 2.24) is 20.0 Å². The lowest BCUT2D eigenvalue weighted by Crippen LogP contribution is -2.37. The van der Waals surface area contributed by atoms with Crippen LogP contribution in [-0.4, -0.2) is 63.2 Å². The van der Waals surface area contributed by atoms with E-state index in [9.17, 15) is 14.7 Å². The number of aromatic amines is 1. The van der Waals surface area contributed by atoms with E-state index >= 15 is 0 Å². The fourth-order valence-electron chi connectivity index (χ4n) is 4.76. The van der Waals surface area contributed by atoms with Gasteiger partial charge in [-0.25, -0.2) is 4.79 Å². The van der Waals surface area contributed by atoms with E-state index in [1.165, 1.54) is 25.7 Å². The molecule has 1 aromatic rings. The van der Waals surface area contributed by atoms with Crippen molar-refractivity contribution >= 4 is 11.9 Å². The standard InChI is InChI=1S/C18H26N4O3/c23-16(14-10-18(14)4-1-2-5-18)22-7-3-6-21(8-9-22)12-13-11-19-20-15(13)17(24)25/h11,14H,1-10,12H2,(H,19,20)(H,24,25). The smallest absolute Gasteiger partial charge is 0.354 e. The Labute approximate surface area is 147 Å². The second kappa shape index (κ2) is 6.44. The molecule has 1 spiro atoms. The topological polar surface area (TPSA) is 89.5 Å². The second-order valence-corrected chi connectivity index (χ2v) is 7.86. The predicted molar refractivity (Wildman–Crippen MR) is 91.0 cm³/mol. The molecule has 2 aliphatic carbocycles. The van der Waals surface area contributed by atoms with Gasteiger partial charge in [0.15, 0.2) is 0 Å². The maximum Gasteiger partial charge on any atom is 0.354 e. The zero-order valence-electron chi connectivity index (χ0n) is 14.5. The highest BCUT2D eigenvalue weighted by Crippen LogP contribution is 2.63. The highest BCUT2D eigenvalue weighted by Gasteiger charge is 2.59. The van der Waals surface area contributed by atoms with Crippen LogP contribution < -0.4 is 0 Å². The molecule has 1 amide bonds. The molecule has 1 unspecified atom stereocenters. The van der Waals surface area contributed by atoms with Crippen LogP contribution in [0.2, 0.25) is 0 Å². The zero-order chi connectivity index (χ0) is 17.4. The van der Waals surface area contributed by atoms with Crippen molar-refractivity contribution in [1.29, 1.82) is 0 Å². The second-order valence-electron chi connectivity index (χ2n) is 7.86. The van der Waals surface area contributed by atoms with Crippen LogP contribution in [0.5, 0.6) is 0 Å². The molecule has 4 rings (SSSR count). The van der Waals surface area contributed by atoms with Crippen LogP contribution in [0.4, 0.5) is 0 Å². The number of aromatic nitrogens is 2. The van der Waals surface area contributed by atoms with Crippen molar-refractivity contribution in [2.75, 3.05) is 26.2 Å². The molecule has 2 heterocycles. The number of hydrogen-bond acceptors (Lipinski definition) is 4. The molecular formula is C18H26N4O3. The minimum absolute atomic E-state index is 0.165.